The second-order valence-electron chi connectivity index (χ2n) is 6.07. The molecule has 24 heavy (non-hydrogen) atoms. The highest BCUT2D eigenvalue weighted by atomic mass is 32.2. The number of nitrogens with two attached hydrogens (primary N) is 1. The number of alkyl halides is 3. The summed E-state index contributed by atoms with van der Waals surface area (Å²) in [7, 11) is -5.32. The number of urea groups is 1. The molecule has 1 aromatic rings. The Morgan fingerprint density at radius 3 is 2.29 bits per heavy atom. The molecule has 0 radical (unpaired) electrons. The maximum Gasteiger partial charge on any atom is 0.511 e. The zero-order valence-electron chi connectivity index (χ0n) is 12.6. The molecule has 1 saturated heterocycles. The van der Waals surface area contributed by atoms with Crippen LogP contribution in [0.3, 0.4) is 0 Å². The molecule has 0 unspecified atom stereocenters. The van der Waals surface area contributed by atoms with Gasteiger partial charge >= 0.3 is 21.6 Å². The Kier molecular flexibility index (Phi) is 3.79. The van der Waals surface area contributed by atoms with E-state index in [1.165, 1.54) is 4.90 Å². The molecule has 0 aromatic heterocycles. The summed E-state index contributed by atoms with van der Waals surface area (Å²) in [5.41, 5.74) is 0.984. The van der Waals surface area contributed by atoms with Gasteiger partial charge in [-0.3, -0.25) is 4.90 Å². The van der Waals surface area contributed by atoms with Gasteiger partial charge in [0.05, 0.1) is 0 Å². The number of carbonyl (C=O) groups is 1. The number of hydrogen-bond acceptors (Lipinski definition) is 3. The number of anilines is 1. The van der Waals surface area contributed by atoms with Crippen LogP contribution in [-0.2, 0) is 15.4 Å². The molecule has 2 heterocycles. The van der Waals surface area contributed by atoms with Gasteiger partial charge in [0.2, 0.25) is 0 Å². The Bertz CT molecular complexity index is 771. The highest BCUT2D eigenvalue weighted by molar-refractivity contribution is 7.90. The SMILES string of the molecule is NC(=O)N1CC2(CCN(S(=O)(=O)C(F)(F)F)CC2)c2ccccc21. The number of nitrogens with zero attached hydrogens (tertiary/aromatic N) is 2. The predicted molar refractivity (Wildman–Crippen MR) is 80.8 cm³/mol. The summed E-state index contributed by atoms with van der Waals surface area (Å²) in [5, 5.41) is 0. The van der Waals surface area contributed by atoms with E-state index in [4.69, 9.17) is 5.73 Å². The number of amides is 2. The van der Waals surface area contributed by atoms with Crippen molar-refractivity contribution < 1.29 is 26.4 Å². The van der Waals surface area contributed by atoms with E-state index in [9.17, 15) is 26.4 Å². The first-order chi connectivity index (χ1) is 11.1. The topological polar surface area (TPSA) is 83.7 Å². The van der Waals surface area contributed by atoms with Crippen LogP contribution in [0.1, 0.15) is 18.4 Å². The molecule has 2 N–H and O–H groups in total. The van der Waals surface area contributed by atoms with Crippen LogP contribution in [0.15, 0.2) is 24.3 Å². The minimum atomic E-state index is -5.32. The first-order valence-electron chi connectivity index (χ1n) is 7.31. The van der Waals surface area contributed by atoms with E-state index in [2.05, 4.69) is 0 Å². The molecule has 10 heteroatoms. The van der Waals surface area contributed by atoms with Crippen LogP contribution < -0.4 is 10.6 Å². The van der Waals surface area contributed by atoms with Gasteiger partial charge in [0.1, 0.15) is 0 Å². The number of hydrogen-bond donors (Lipinski definition) is 1. The zero-order chi connectivity index (χ0) is 17.8. The molecule has 6 nitrogen and oxygen atoms in total. The number of para-hydroxylation sites is 1. The van der Waals surface area contributed by atoms with E-state index in [0.717, 1.165) is 5.56 Å². The van der Waals surface area contributed by atoms with Gasteiger partial charge in [0.15, 0.2) is 0 Å². The Labute approximate surface area is 137 Å². The first kappa shape index (κ1) is 17.0. The van der Waals surface area contributed by atoms with Gasteiger partial charge in [-0.2, -0.15) is 17.5 Å². The molecule has 1 spiro atoms. The minimum Gasteiger partial charge on any atom is -0.351 e. The summed E-state index contributed by atoms with van der Waals surface area (Å²) < 4.78 is 61.6. The predicted octanol–water partition coefficient (Wildman–Crippen LogP) is 1.77. The number of sulfonamides is 1. The van der Waals surface area contributed by atoms with Crippen LogP contribution in [0.2, 0.25) is 0 Å². The van der Waals surface area contributed by atoms with Gasteiger partial charge in [-0.1, -0.05) is 18.2 Å². The van der Waals surface area contributed by atoms with Gasteiger partial charge in [-0.25, -0.2) is 13.2 Å². The number of rotatable bonds is 1. The van der Waals surface area contributed by atoms with E-state index in [1.54, 1.807) is 18.2 Å². The van der Waals surface area contributed by atoms with E-state index in [-0.39, 0.29) is 32.5 Å². The average Bonchev–Trinajstić information content (AvgIpc) is 2.82. The number of primary amides is 1. The average molecular weight is 363 g/mol. The molecule has 1 aromatic carbocycles. The standard InChI is InChI=1S/C14H16F3N3O3S/c15-14(16,17)24(22,23)19-7-5-13(6-8-19)9-20(12(18)21)11-4-2-1-3-10(11)13/h1-4H,5-9H2,(H2,18,21). The number of fused-ring (bicyclic) bond motifs is 2. The third kappa shape index (κ3) is 2.44. The van der Waals surface area contributed by atoms with Crippen molar-refractivity contribution in [3.05, 3.63) is 29.8 Å². The van der Waals surface area contributed by atoms with Crippen LogP contribution in [0.25, 0.3) is 0 Å². The van der Waals surface area contributed by atoms with Gasteiger partial charge in [0.25, 0.3) is 0 Å². The molecular weight excluding hydrogens is 347 g/mol. The van der Waals surface area contributed by atoms with Gasteiger partial charge in [-0.05, 0) is 24.5 Å². The van der Waals surface area contributed by atoms with Gasteiger partial charge in [0, 0.05) is 30.7 Å². The highest BCUT2D eigenvalue weighted by Crippen LogP contribution is 2.47. The Hall–Kier alpha value is -1.81. The van der Waals surface area contributed by atoms with E-state index >= 15 is 0 Å². The second kappa shape index (κ2) is 5.35. The molecule has 0 bridgehead atoms. The summed E-state index contributed by atoms with van der Waals surface area (Å²) in [6.45, 7) is -0.243. The van der Waals surface area contributed by atoms with Crippen molar-refractivity contribution in [2.24, 2.45) is 5.73 Å². The Balaban J connectivity index is 1.88. The van der Waals surface area contributed by atoms with Crippen molar-refractivity contribution >= 4 is 21.7 Å². The number of benzene rings is 1. The van der Waals surface area contributed by atoms with Crippen LogP contribution in [0, 0.1) is 0 Å². The fourth-order valence-electron chi connectivity index (χ4n) is 3.56. The lowest BCUT2D eigenvalue weighted by atomic mass is 9.75. The molecule has 0 aliphatic carbocycles. The van der Waals surface area contributed by atoms with Crippen molar-refractivity contribution in [3.63, 3.8) is 0 Å². The summed E-state index contributed by atoms with van der Waals surface area (Å²) in [4.78, 5) is 13.0. The molecule has 132 valence electrons. The third-order valence-electron chi connectivity index (χ3n) is 4.80. The molecule has 0 saturated carbocycles. The summed E-state index contributed by atoms with van der Waals surface area (Å²) in [6.07, 6.45) is 0.395. The first-order valence-corrected chi connectivity index (χ1v) is 8.75. The summed E-state index contributed by atoms with van der Waals surface area (Å²) in [5.74, 6) is 0. The lowest BCUT2D eigenvalue weighted by Crippen LogP contribution is -2.51. The Morgan fingerprint density at radius 1 is 1.17 bits per heavy atom. The molecule has 0 atom stereocenters. The van der Waals surface area contributed by atoms with Crippen LogP contribution in [0.4, 0.5) is 23.7 Å². The van der Waals surface area contributed by atoms with Gasteiger partial charge in [-0.15, -0.1) is 0 Å². The maximum atomic E-state index is 12.7. The molecule has 2 aliphatic heterocycles. The zero-order valence-corrected chi connectivity index (χ0v) is 13.4. The summed E-state index contributed by atoms with van der Waals surface area (Å²) in [6, 6.07) is 6.44. The normalized spacial score (nSPS) is 21.0. The van der Waals surface area contributed by atoms with Crippen molar-refractivity contribution in [1.82, 2.24) is 4.31 Å². The summed E-state index contributed by atoms with van der Waals surface area (Å²) >= 11 is 0. The van der Waals surface area contributed by atoms with Crippen molar-refractivity contribution in [2.45, 2.75) is 23.8 Å². The Morgan fingerprint density at radius 2 is 1.75 bits per heavy atom. The van der Waals surface area contributed by atoms with Crippen molar-refractivity contribution in [3.8, 4) is 0 Å². The van der Waals surface area contributed by atoms with E-state index in [1.807, 2.05) is 6.07 Å². The quantitative estimate of drug-likeness (QED) is 0.825. The molecule has 1 fully saturated rings. The fraction of sp³-hybridized carbons (Fsp3) is 0.500. The number of carbonyl (C=O) groups excluding carboxylic acids is 1. The lowest BCUT2D eigenvalue weighted by Gasteiger charge is -2.39. The molecule has 2 amide bonds. The van der Waals surface area contributed by atoms with E-state index in [0.29, 0.717) is 9.99 Å². The largest absolute Gasteiger partial charge is 0.511 e. The van der Waals surface area contributed by atoms with Crippen LogP contribution >= 0.6 is 0 Å². The smallest absolute Gasteiger partial charge is 0.351 e. The van der Waals surface area contributed by atoms with Crippen molar-refractivity contribution in [2.75, 3.05) is 24.5 Å². The monoisotopic (exact) mass is 363 g/mol. The molecule has 3 rings (SSSR count). The molecular formula is C14H16F3N3O3S. The minimum absolute atomic E-state index is 0.198. The van der Waals surface area contributed by atoms with E-state index < -0.39 is 27.0 Å². The fourth-order valence-corrected chi connectivity index (χ4v) is 4.51. The third-order valence-corrected chi connectivity index (χ3v) is 6.43. The number of piperidine rings is 1. The van der Waals surface area contributed by atoms with Crippen molar-refractivity contribution in [1.29, 1.82) is 0 Å². The lowest BCUT2D eigenvalue weighted by molar-refractivity contribution is -0.0498. The van der Waals surface area contributed by atoms with Crippen LogP contribution in [-0.4, -0.2) is 43.9 Å². The maximum absolute atomic E-state index is 12.7. The van der Waals surface area contributed by atoms with Gasteiger partial charge < -0.3 is 5.73 Å². The second-order valence-corrected chi connectivity index (χ2v) is 8.00. The molecule has 2 aliphatic rings. The highest BCUT2D eigenvalue weighted by Gasteiger charge is 2.53. The van der Waals surface area contributed by atoms with Crippen LogP contribution in [0.5, 0.6) is 0 Å². The number of halogens is 3.